The van der Waals surface area contributed by atoms with Gasteiger partial charge in [0.2, 0.25) is 0 Å². The Morgan fingerprint density at radius 2 is 2.07 bits per heavy atom. The topological polar surface area (TPSA) is 78.3 Å². The van der Waals surface area contributed by atoms with Gasteiger partial charge in [0.1, 0.15) is 16.2 Å². The van der Waals surface area contributed by atoms with E-state index in [1.54, 1.807) is 17.5 Å². The standard InChI is InChI=1S/C21H23N7S/c1-2-16(13-23-6-1)17-3-4-18-20(25-17)29-21(26-18)27-19-12-15(5-7-24-19)14-28-10-8-22-9-11-28/h1-4,6,12-13,22H,5,7-11,14H2,(H,24,26,27). The Morgan fingerprint density at radius 3 is 2.93 bits per heavy atom. The van der Waals surface area contributed by atoms with Crippen molar-refractivity contribution in [3.63, 3.8) is 0 Å². The molecular weight excluding hydrogens is 382 g/mol. The molecule has 5 heterocycles. The van der Waals surface area contributed by atoms with Gasteiger partial charge in [0.25, 0.3) is 0 Å². The van der Waals surface area contributed by atoms with Crippen molar-refractivity contribution >= 4 is 32.7 Å². The third-order valence-electron chi connectivity index (χ3n) is 5.14. The fourth-order valence-electron chi connectivity index (χ4n) is 3.64. The summed E-state index contributed by atoms with van der Waals surface area (Å²) in [5.74, 6) is 0.896. The first-order chi connectivity index (χ1) is 14.3. The quantitative estimate of drug-likeness (QED) is 0.695. The number of rotatable bonds is 4. The molecule has 1 fully saturated rings. The number of fused-ring (bicyclic) bond motifs is 1. The fraction of sp³-hybridized carbons (Fsp3) is 0.333. The van der Waals surface area contributed by atoms with E-state index in [0.717, 1.165) is 78.3 Å². The smallest absolute Gasteiger partial charge is 0.190 e. The van der Waals surface area contributed by atoms with Crippen LogP contribution in [-0.2, 0) is 0 Å². The number of dihydropyridines is 1. The summed E-state index contributed by atoms with van der Waals surface area (Å²) in [7, 11) is 0. The maximum absolute atomic E-state index is 4.76. The van der Waals surface area contributed by atoms with E-state index in [-0.39, 0.29) is 0 Å². The van der Waals surface area contributed by atoms with Crippen LogP contribution in [0.15, 0.2) is 53.3 Å². The van der Waals surface area contributed by atoms with Gasteiger partial charge in [-0.3, -0.25) is 14.9 Å². The van der Waals surface area contributed by atoms with Crippen molar-refractivity contribution in [1.29, 1.82) is 0 Å². The molecule has 2 aliphatic heterocycles. The molecule has 1 saturated heterocycles. The summed E-state index contributed by atoms with van der Waals surface area (Å²) < 4.78 is 0. The van der Waals surface area contributed by atoms with Crippen molar-refractivity contribution in [3.8, 4) is 11.3 Å². The van der Waals surface area contributed by atoms with Gasteiger partial charge in [-0.25, -0.2) is 9.97 Å². The highest BCUT2D eigenvalue weighted by Crippen LogP contribution is 2.27. The minimum Gasteiger partial charge on any atom is -0.316 e. The molecule has 29 heavy (non-hydrogen) atoms. The minimum atomic E-state index is 0.828. The van der Waals surface area contributed by atoms with Crippen LogP contribution in [0.4, 0.5) is 5.13 Å². The second-order valence-corrected chi connectivity index (χ2v) is 8.23. The number of hydrogen-bond acceptors (Lipinski definition) is 8. The number of aromatic nitrogens is 3. The lowest BCUT2D eigenvalue weighted by Gasteiger charge is -2.28. The molecule has 148 valence electrons. The molecule has 7 nitrogen and oxygen atoms in total. The molecule has 3 aromatic heterocycles. The normalized spacial score (nSPS) is 17.8. The average Bonchev–Trinajstić information content (AvgIpc) is 3.17. The number of thiazole rings is 1. The molecule has 0 saturated carbocycles. The van der Waals surface area contributed by atoms with Crippen molar-refractivity contribution in [2.45, 2.75) is 6.42 Å². The van der Waals surface area contributed by atoms with E-state index >= 15 is 0 Å². The predicted octanol–water partition coefficient (Wildman–Crippen LogP) is 2.80. The highest BCUT2D eigenvalue weighted by atomic mass is 32.1. The zero-order valence-corrected chi connectivity index (χ0v) is 17.0. The summed E-state index contributed by atoms with van der Waals surface area (Å²) in [5, 5.41) is 7.63. The zero-order chi connectivity index (χ0) is 19.5. The Morgan fingerprint density at radius 1 is 1.14 bits per heavy atom. The lowest BCUT2D eigenvalue weighted by molar-refractivity contribution is 0.257. The van der Waals surface area contributed by atoms with Crippen LogP contribution in [0.25, 0.3) is 21.6 Å². The maximum atomic E-state index is 4.76. The van der Waals surface area contributed by atoms with Crippen LogP contribution in [-0.4, -0.2) is 65.0 Å². The van der Waals surface area contributed by atoms with E-state index in [9.17, 15) is 0 Å². The Labute approximate surface area is 173 Å². The number of aliphatic imine (C=N–C) groups is 1. The summed E-state index contributed by atoms with van der Waals surface area (Å²) >= 11 is 1.55. The molecule has 0 unspecified atom stereocenters. The molecule has 0 amide bonds. The lowest BCUT2D eigenvalue weighted by atomic mass is 10.1. The van der Waals surface area contributed by atoms with Crippen molar-refractivity contribution in [3.05, 3.63) is 48.3 Å². The summed E-state index contributed by atoms with van der Waals surface area (Å²) in [5.41, 5.74) is 4.25. The van der Waals surface area contributed by atoms with E-state index in [2.05, 4.69) is 36.6 Å². The van der Waals surface area contributed by atoms with Crippen molar-refractivity contribution in [1.82, 2.24) is 25.2 Å². The van der Waals surface area contributed by atoms with Crippen molar-refractivity contribution in [2.24, 2.45) is 4.99 Å². The monoisotopic (exact) mass is 405 g/mol. The van der Waals surface area contributed by atoms with Crippen LogP contribution in [0, 0.1) is 0 Å². The molecule has 2 N–H and O–H groups in total. The average molecular weight is 406 g/mol. The largest absolute Gasteiger partial charge is 0.316 e. The van der Waals surface area contributed by atoms with Crippen LogP contribution in [0.2, 0.25) is 0 Å². The van der Waals surface area contributed by atoms with Gasteiger partial charge < -0.3 is 10.6 Å². The molecule has 0 atom stereocenters. The fourth-order valence-corrected chi connectivity index (χ4v) is 4.49. The van der Waals surface area contributed by atoms with E-state index in [1.165, 1.54) is 5.57 Å². The van der Waals surface area contributed by atoms with E-state index in [1.807, 2.05) is 30.5 Å². The van der Waals surface area contributed by atoms with E-state index in [4.69, 9.17) is 4.98 Å². The molecule has 0 aliphatic carbocycles. The molecule has 8 heteroatoms. The third kappa shape index (κ3) is 4.34. The van der Waals surface area contributed by atoms with Gasteiger partial charge in [-0.2, -0.15) is 0 Å². The highest BCUT2D eigenvalue weighted by Gasteiger charge is 2.15. The van der Waals surface area contributed by atoms with Crippen molar-refractivity contribution < 1.29 is 0 Å². The molecule has 0 aromatic carbocycles. The van der Waals surface area contributed by atoms with E-state index < -0.39 is 0 Å². The molecule has 3 aromatic rings. The number of piperazine rings is 1. The van der Waals surface area contributed by atoms with Gasteiger partial charge >= 0.3 is 0 Å². The van der Waals surface area contributed by atoms with Crippen LogP contribution in [0.1, 0.15) is 6.42 Å². The number of amidine groups is 1. The molecule has 0 radical (unpaired) electrons. The van der Waals surface area contributed by atoms with Crippen LogP contribution >= 0.6 is 11.3 Å². The first kappa shape index (κ1) is 18.4. The van der Waals surface area contributed by atoms with Gasteiger partial charge in [-0.05, 0) is 36.8 Å². The number of pyridine rings is 2. The Bertz CT molecular complexity index is 1050. The molecule has 2 aliphatic rings. The molecule has 5 rings (SSSR count). The van der Waals surface area contributed by atoms with E-state index in [0.29, 0.717) is 0 Å². The number of hydrogen-bond donors (Lipinski definition) is 2. The lowest BCUT2D eigenvalue weighted by Crippen LogP contribution is -2.44. The Hall–Kier alpha value is -2.68. The second kappa shape index (κ2) is 8.36. The minimum absolute atomic E-state index is 0.828. The van der Waals surface area contributed by atoms with Crippen molar-refractivity contribution in [2.75, 3.05) is 44.6 Å². The second-order valence-electron chi connectivity index (χ2n) is 7.25. The molecule has 0 spiro atoms. The zero-order valence-electron chi connectivity index (χ0n) is 16.1. The van der Waals surface area contributed by atoms with Crippen LogP contribution < -0.4 is 10.6 Å². The predicted molar refractivity (Wildman–Crippen MR) is 119 cm³/mol. The number of anilines is 1. The Kier molecular flexibility index (Phi) is 5.29. The summed E-state index contributed by atoms with van der Waals surface area (Å²) in [6, 6.07) is 7.95. The molecule has 0 bridgehead atoms. The van der Waals surface area contributed by atoms with Gasteiger partial charge in [0, 0.05) is 57.2 Å². The molecular formula is C21H23N7S. The van der Waals surface area contributed by atoms with Gasteiger partial charge in [0.15, 0.2) is 5.13 Å². The van der Waals surface area contributed by atoms with Gasteiger partial charge in [0.05, 0.1) is 5.69 Å². The summed E-state index contributed by atoms with van der Waals surface area (Å²) in [6.45, 7) is 6.23. The first-order valence-electron chi connectivity index (χ1n) is 9.95. The SMILES string of the molecule is C1=C(CN2CCNCC2)CCN=C1Nc1nc2ccc(-c3cccnc3)nc2s1. The number of nitrogens with one attached hydrogen (secondary N) is 2. The van der Waals surface area contributed by atoms with Crippen LogP contribution in [0.3, 0.4) is 0 Å². The van der Waals surface area contributed by atoms with Crippen LogP contribution in [0.5, 0.6) is 0 Å². The van der Waals surface area contributed by atoms with Gasteiger partial charge in [-0.15, -0.1) is 0 Å². The first-order valence-corrected chi connectivity index (χ1v) is 10.8. The van der Waals surface area contributed by atoms with Gasteiger partial charge in [-0.1, -0.05) is 16.9 Å². The Balaban J connectivity index is 1.31. The maximum Gasteiger partial charge on any atom is 0.190 e. The summed E-state index contributed by atoms with van der Waals surface area (Å²) in [6.07, 6.45) is 6.82. The number of nitrogens with zero attached hydrogens (tertiary/aromatic N) is 5. The highest BCUT2D eigenvalue weighted by molar-refractivity contribution is 7.22. The summed E-state index contributed by atoms with van der Waals surface area (Å²) in [4.78, 5) is 21.7. The third-order valence-corrected chi connectivity index (χ3v) is 6.02.